The lowest BCUT2D eigenvalue weighted by Gasteiger charge is -2.09. The van der Waals surface area contributed by atoms with Crippen LogP contribution in [0.25, 0.3) is 0 Å². The average molecular weight is 284 g/mol. The number of nitrogens with zero attached hydrogens (tertiary/aromatic N) is 1. The van der Waals surface area contributed by atoms with Gasteiger partial charge in [0.2, 0.25) is 0 Å². The molecule has 5 nitrogen and oxygen atoms in total. The number of carbonyl (C=O) groups is 2. The average Bonchev–Trinajstić information content (AvgIpc) is 3.23. The van der Waals surface area contributed by atoms with Crippen molar-refractivity contribution in [3.63, 3.8) is 0 Å². The number of amides is 1. The van der Waals surface area contributed by atoms with Gasteiger partial charge >= 0.3 is 5.97 Å². The topological polar surface area (TPSA) is 60.3 Å². The van der Waals surface area contributed by atoms with Crippen molar-refractivity contribution in [1.29, 1.82) is 0 Å². The zero-order valence-corrected chi connectivity index (χ0v) is 11.7. The Bertz CT molecular complexity index is 686. The van der Waals surface area contributed by atoms with Gasteiger partial charge < -0.3 is 14.6 Å². The lowest BCUT2D eigenvalue weighted by molar-refractivity contribution is 0.0600. The van der Waals surface area contributed by atoms with Gasteiger partial charge in [0, 0.05) is 17.9 Å². The molecule has 0 bridgehead atoms. The van der Waals surface area contributed by atoms with Gasteiger partial charge in [-0.3, -0.25) is 4.79 Å². The summed E-state index contributed by atoms with van der Waals surface area (Å²) in [5.74, 6) is -0.596. The maximum Gasteiger partial charge on any atom is 0.337 e. The third kappa shape index (κ3) is 2.81. The van der Waals surface area contributed by atoms with Gasteiger partial charge in [-0.1, -0.05) is 6.07 Å². The minimum atomic E-state index is -0.424. The van der Waals surface area contributed by atoms with Crippen LogP contribution >= 0.6 is 0 Å². The molecule has 3 rings (SSSR count). The molecule has 0 unspecified atom stereocenters. The van der Waals surface area contributed by atoms with E-state index in [0.29, 0.717) is 23.0 Å². The Labute approximate surface area is 122 Å². The molecule has 0 spiro atoms. The summed E-state index contributed by atoms with van der Waals surface area (Å²) < 4.78 is 6.67. The van der Waals surface area contributed by atoms with Gasteiger partial charge in [-0.15, -0.1) is 0 Å². The van der Waals surface area contributed by atoms with Gasteiger partial charge in [-0.25, -0.2) is 4.79 Å². The number of carbonyl (C=O) groups excluding carboxylic acids is 2. The zero-order chi connectivity index (χ0) is 14.8. The second-order valence-corrected chi connectivity index (χ2v) is 5.06. The molecule has 1 aromatic heterocycles. The Morgan fingerprint density at radius 3 is 2.76 bits per heavy atom. The molecule has 2 aromatic rings. The second kappa shape index (κ2) is 5.44. The lowest BCUT2D eigenvalue weighted by Crippen LogP contribution is -2.16. The number of nitrogens with one attached hydrogen (secondary N) is 1. The predicted molar refractivity (Wildman–Crippen MR) is 78.4 cm³/mol. The van der Waals surface area contributed by atoms with Gasteiger partial charge in [0.15, 0.2) is 0 Å². The van der Waals surface area contributed by atoms with Crippen LogP contribution in [0.5, 0.6) is 0 Å². The fraction of sp³-hybridized carbons (Fsp3) is 0.250. The third-order valence-electron chi connectivity index (χ3n) is 3.49. The van der Waals surface area contributed by atoms with Crippen molar-refractivity contribution < 1.29 is 14.3 Å². The fourth-order valence-electron chi connectivity index (χ4n) is 2.29. The highest BCUT2D eigenvalue weighted by Gasteiger charge is 2.26. The van der Waals surface area contributed by atoms with Crippen LogP contribution in [0, 0.1) is 0 Å². The summed E-state index contributed by atoms with van der Waals surface area (Å²) in [5, 5.41) is 2.82. The van der Waals surface area contributed by atoms with E-state index in [2.05, 4.69) is 10.1 Å². The van der Waals surface area contributed by atoms with Gasteiger partial charge in [-0.05, 0) is 43.2 Å². The van der Waals surface area contributed by atoms with Crippen molar-refractivity contribution in [3.05, 3.63) is 53.9 Å². The van der Waals surface area contributed by atoms with Crippen LogP contribution in [0.15, 0.2) is 42.6 Å². The van der Waals surface area contributed by atoms with Crippen LogP contribution < -0.4 is 5.32 Å². The molecule has 21 heavy (non-hydrogen) atoms. The number of hydrogen-bond donors (Lipinski definition) is 1. The molecule has 0 saturated heterocycles. The standard InChI is InChI=1S/C16H16N2O3/c1-21-16(20)11-4-2-5-12(10-11)17-15(19)14-6-3-9-18(14)13-7-8-13/h2-6,9-10,13H,7-8H2,1H3,(H,17,19). The molecule has 1 aromatic carbocycles. The third-order valence-corrected chi connectivity index (χ3v) is 3.49. The SMILES string of the molecule is COC(=O)c1cccc(NC(=O)c2cccn2C2CC2)c1. The maximum atomic E-state index is 12.3. The molecule has 5 heteroatoms. The summed E-state index contributed by atoms with van der Waals surface area (Å²) in [7, 11) is 1.33. The van der Waals surface area contributed by atoms with E-state index in [-0.39, 0.29) is 5.91 Å². The molecule has 0 aliphatic heterocycles. The van der Waals surface area contributed by atoms with Crippen molar-refractivity contribution in [2.75, 3.05) is 12.4 Å². The van der Waals surface area contributed by atoms with Gasteiger partial charge in [0.05, 0.1) is 12.7 Å². The maximum absolute atomic E-state index is 12.3. The number of ether oxygens (including phenoxy) is 1. The van der Waals surface area contributed by atoms with Crippen LogP contribution in [0.4, 0.5) is 5.69 Å². The first-order valence-corrected chi connectivity index (χ1v) is 6.85. The lowest BCUT2D eigenvalue weighted by atomic mass is 10.2. The van der Waals surface area contributed by atoms with Crippen molar-refractivity contribution >= 4 is 17.6 Å². The molecule has 0 radical (unpaired) electrons. The van der Waals surface area contributed by atoms with Crippen LogP contribution in [-0.2, 0) is 4.74 Å². The van der Waals surface area contributed by atoms with E-state index in [4.69, 9.17) is 0 Å². The monoisotopic (exact) mass is 284 g/mol. The van der Waals surface area contributed by atoms with E-state index < -0.39 is 5.97 Å². The number of aromatic nitrogens is 1. The van der Waals surface area contributed by atoms with Crippen LogP contribution in [0.3, 0.4) is 0 Å². The molecule has 0 atom stereocenters. The Kier molecular flexibility index (Phi) is 3.48. The summed E-state index contributed by atoms with van der Waals surface area (Å²) in [6.45, 7) is 0. The molecule has 108 valence electrons. The molecule has 1 aliphatic carbocycles. The second-order valence-electron chi connectivity index (χ2n) is 5.06. The van der Waals surface area contributed by atoms with E-state index in [9.17, 15) is 9.59 Å². The highest BCUT2D eigenvalue weighted by atomic mass is 16.5. The molecular weight excluding hydrogens is 268 g/mol. The molecule has 1 heterocycles. The van der Waals surface area contributed by atoms with E-state index in [0.717, 1.165) is 12.8 Å². The number of esters is 1. The minimum Gasteiger partial charge on any atom is -0.465 e. The fourth-order valence-corrected chi connectivity index (χ4v) is 2.29. The van der Waals surface area contributed by atoms with Crippen LogP contribution in [-0.4, -0.2) is 23.6 Å². The van der Waals surface area contributed by atoms with E-state index >= 15 is 0 Å². The largest absolute Gasteiger partial charge is 0.465 e. The van der Waals surface area contributed by atoms with E-state index in [1.54, 1.807) is 30.3 Å². The first-order valence-electron chi connectivity index (χ1n) is 6.85. The summed E-state index contributed by atoms with van der Waals surface area (Å²) in [6, 6.07) is 10.8. The first kappa shape index (κ1) is 13.4. The molecular formula is C16H16N2O3. The van der Waals surface area contributed by atoms with E-state index in [1.807, 2.05) is 16.8 Å². The number of rotatable bonds is 4. The van der Waals surface area contributed by atoms with Gasteiger partial charge in [0.1, 0.15) is 5.69 Å². The summed E-state index contributed by atoms with van der Waals surface area (Å²) in [5.41, 5.74) is 1.63. The van der Waals surface area contributed by atoms with Crippen molar-refractivity contribution in [3.8, 4) is 0 Å². The smallest absolute Gasteiger partial charge is 0.337 e. The van der Waals surface area contributed by atoms with Crippen molar-refractivity contribution in [2.24, 2.45) is 0 Å². The number of benzene rings is 1. The van der Waals surface area contributed by atoms with Crippen molar-refractivity contribution in [2.45, 2.75) is 18.9 Å². The Morgan fingerprint density at radius 2 is 2.05 bits per heavy atom. The highest BCUT2D eigenvalue weighted by molar-refractivity contribution is 6.04. The summed E-state index contributed by atoms with van der Waals surface area (Å²) >= 11 is 0. The normalized spacial score (nSPS) is 13.8. The number of anilines is 1. The number of hydrogen-bond acceptors (Lipinski definition) is 3. The Hall–Kier alpha value is -2.56. The molecule has 1 aliphatic rings. The van der Waals surface area contributed by atoms with Crippen LogP contribution in [0.2, 0.25) is 0 Å². The highest BCUT2D eigenvalue weighted by Crippen LogP contribution is 2.36. The first-order chi connectivity index (χ1) is 10.2. The molecule has 1 fully saturated rings. The van der Waals surface area contributed by atoms with Gasteiger partial charge in [-0.2, -0.15) is 0 Å². The van der Waals surface area contributed by atoms with Gasteiger partial charge in [0.25, 0.3) is 5.91 Å². The molecule has 1 N–H and O–H groups in total. The number of methoxy groups -OCH3 is 1. The van der Waals surface area contributed by atoms with Crippen LogP contribution in [0.1, 0.15) is 39.7 Å². The minimum absolute atomic E-state index is 0.172. The summed E-state index contributed by atoms with van der Waals surface area (Å²) in [6.07, 6.45) is 4.16. The predicted octanol–water partition coefficient (Wildman–Crippen LogP) is 2.86. The quantitative estimate of drug-likeness (QED) is 0.878. The molecule has 1 amide bonds. The Morgan fingerprint density at radius 1 is 1.24 bits per heavy atom. The Balaban J connectivity index is 1.78. The summed E-state index contributed by atoms with van der Waals surface area (Å²) in [4.78, 5) is 23.8. The van der Waals surface area contributed by atoms with Crippen molar-refractivity contribution in [1.82, 2.24) is 4.57 Å². The van der Waals surface area contributed by atoms with E-state index in [1.165, 1.54) is 7.11 Å². The molecule has 1 saturated carbocycles. The zero-order valence-electron chi connectivity index (χ0n) is 11.7.